The van der Waals surface area contributed by atoms with E-state index in [2.05, 4.69) is 5.32 Å². The van der Waals surface area contributed by atoms with Crippen LogP contribution in [0.2, 0.25) is 0 Å². The Hall–Kier alpha value is -1.43. The van der Waals surface area contributed by atoms with Gasteiger partial charge >= 0.3 is 5.97 Å². The Morgan fingerprint density at radius 1 is 1.20 bits per heavy atom. The molecule has 0 aliphatic rings. The first-order chi connectivity index (χ1) is 9.23. The molecule has 5 heteroatoms. The SMILES string of the molecule is Cc1ccc(C(O)C(C)NC(C(=O)O)C(C)O)c(C)c1. The van der Waals surface area contributed by atoms with Gasteiger partial charge in [-0.3, -0.25) is 10.1 Å². The summed E-state index contributed by atoms with van der Waals surface area (Å²) in [5.74, 6) is -1.14. The fraction of sp³-hybridized carbons (Fsp3) is 0.533. The van der Waals surface area contributed by atoms with Crippen LogP contribution >= 0.6 is 0 Å². The molecule has 5 nitrogen and oxygen atoms in total. The Bertz CT molecular complexity index is 473. The average Bonchev–Trinajstić information content (AvgIpc) is 2.34. The van der Waals surface area contributed by atoms with Crippen LogP contribution in [-0.2, 0) is 4.79 Å². The molecule has 20 heavy (non-hydrogen) atoms. The highest BCUT2D eigenvalue weighted by atomic mass is 16.4. The number of benzene rings is 1. The third-order valence-corrected chi connectivity index (χ3v) is 3.41. The van der Waals surface area contributed by atoms with Crippen molar-refractivity contribution in [3.8, 4) is 0 Å². The number of aliphatic carboxylic acids is 1. The molecule has 112 valence electrons. The van der Waals surface area contributed by atoms with Gasteiger partial charge in [0.25, 0.3) is 0 Å². The van der Waals surface area contributed by atoms with Crippen molar-refractivity contribution in [3.05, 3.63) is 34.9 Å². The number of nitrogens with one attached hydrogen (secondary N) is 1. The van der Waals surface area contributed by atoms with Crippen LogP contribution in [0.15, 0.2) is 18.2 Å². The maximum atomic E-state index is 11.0. The van der Waals surface area contributed by atoms with Crippen molar-refractivity contribution in [2.45, 2.75) is 52.0 Å². The van der Waals surface area contributed by atoms with Gasteiger partial charge in [0.1, 0.15) is 6.04 Å². The summed E-state index contributed by atoms with van der Waals surface area (Å²) in [4.78, 5) is 11.0. The number of carboxylic acids is 1. The minimum absolute atomic E-state index is 0.493. The van der Waals surface area contributed by atoms with Crippen LogP contribution in [0, 0.1) is 13.8 Å². The molecule has 0 fully saturated rings. The van der Waals surface area contributed by atoms with Gasteiger partial charge < -0.3 is 15.3 Å². The van der Waals surface area contributed by atoms with E-state index < -0.39 is 30.3 Å². The summed E-state index contributed by atoms with van der Waals surface area (Å²) in [6.07, 6.45) is -1.88. The highest BCUT2D eigenvalue weighted by molar-refractivity contribution is 5.74. The topological polar surface area (TPSA) is 89.8 Å². The molecule has 0 spiro atoms. The summed E-state index contributed by atoms with van der Waals surface area (Å²) in [5.41, 5.74) is 2.81. The first kappa shape index (κ1) is 16.6. The molecule has 1 aromatic carbocycles. The summed E-state index contributed by atoms with van der Waals surface area (Å²) >= 11 is 0. The second-order valence-corrected chi connectivity index (χ2v) is 5.32. The van der Waals surface area contributed by atoms with Crippen LogP contribution in [0.3, 0.4) is 0 Å². The van der Waals surface area contributed by atoms with Crippen molar-refractivity contribution in [2.24, 2.45) is 0 Å². The van der Waals surface area contributed by atoms with Crippen LogP contribution in [0.1, 0.15) is 36.6 Å². The number of aryl methyl sites for hydroxylation is 2. The lowest BCUT2D eigenvalue weighted by Gasteiger charge is -2.27. The van der Waals surface area contributed by atoms with Crippen molar-refractivity contribution >= 4 is 5.97 Å². The highest BCUT2D eigenvalue weighted by Crippen LogP contribution is 2.22. The third-order valence-electron chi connectivity index (χ3n) is 3.41. The highest BCUT2D eigenvalue weighted by Gasteiger charge is 2.28. The predicted molar refractivity (Wildman–Crippen MR) is 76.6 cm³/mol. The average molecular weight is 281 g/mol. The summed E-state index contributed by atoms with van der Waals surface area (Å²) in [7, 11) is 0. The van der Waals surface area contributed by atoms with Gasteiger partial charge in [0.15, 0.2) is 0 Å². The first-order valence-corrected chi connectivity index (χ1v) is 6.66. The Morgan fingerprint density at radius 2 is 1.80 bits per heavy atom. The van der Waals surface area contributed by atoms with E-state index in [0.717, 1.165) is 16.7 Å². The molecule has 1 rings (SSSR count). The van der Waals surface area contributed by atoms with Gasteiger partial charge in [0, 0.05) is 6.04 Å². The standard InChI is InChI=1S/C15H23NO4/c1-8-5-6-12(9(2)7-8)14(18)10(3)16-13(11(4)17)15(19)20/h5-7,10-11,13-14,16-18H,1-4H3,(H,19,20). The molecule has 0 saturated heterocycles. The second-order valence-electron chi connectivity index (χ2n) is 5.32. The normalized spacial score (nSPS) is 17.3. The largest absolute Gasteiger partial charge is 0.480 e. The number of hydrogen-bond donors (Lipinski definition) is 4. The Morgan fingerprint density at radius 3 is 2.25 bits per heavy atom. The molecule has 0 saturated carbocycles. The van der Waals surface area contributed by atoms with Gasteiger partial charge in [-0.25, -0.2) is 0 Å². The van der Waals surface area contributed by atoms with Crippen LogP contribution in [0.4, 0.5) is 0 Å². The molecule has 1 aromatic rings. The van der Waals surface area contributed by atoms with E-state index >= 15 is 0 Å². The molecular formula is C15H23NO4. The lowest BCUT2D eigenvalue weighted by Crippen LogP contribution is -2.50. The molecule has 0 amide bonds. The van der Waals surface area contributed by atoms with Crippen LogP contribution < -0.4 is 5.32 Å². The number of aliphatic hydroxyl groups excluding tert-OH is 2. The van der Waals surface area contributed by atoms with Gasteiger partial charge in [-0.2, -0.15) is 0 Å². The summed E-state index contributed by atoms with van der Waals surface area (Å²) < 4.78 is 0. The van der Waals surface area contributed by atoms with Crippen LogP contribution in [-0.4, -0.2) is 39.5 Å². The van der Waals surface area contributed by atoms with Crippen molar-refractivity contribution in [3.63, 3.8) is 0 Å². The number of hydrogen-bond acceptors (Lipinski definition) is 4. The van der Waals surface area contributed by atoms with E-state index in [1.54, 1.807) is 6.92 Å². The summed E-state index contributed by atoms with van der Waals surface area (Å²) in [6.45, 7) is 6.98. The van der Waals surface area contributed by atoms with Gasteiger partial charge in [-0.1, -0.05) is 23.8 Å². The van der Waals surface area contributed by atoms with E-state index in [1.807, 2.05) is 32.0 Å². The quantitative estimate of drug-likeness (QED) is 0.628. The fourth-order valence-electron chi connectivity index (χ4n) is 2.22. The van der Waals surface area contributed by atoms with E-state index in [-0.39, 0.29) is 0 Å². The lowest BCUT2D eigenvalue weighted by atomic mass is 9.96. The van der Waals surface area contributed by atoms with Gasteiger partial charge in [-0.05, 0) is 38.8 Å². The molecule has 0 radical (unpaired) electrons. The summed E-state index contributed by atoms with van der Waals surface area (Å²) in [6, 6.07) is 4.11. The van der Waals surface area contributed by atoms with E-state index in [0.29, 0.717) is 0 Å². The Kier molecular flexibility index (Phi) is 5.68. The molecular weight excluding hydrogens is 258 g/mol. The number of carboxylic acid groups (broad SMARTS) is 1. The van der Waals surface area contributed by atoms with Crippen molar-refractivity contribution < 1.29 is 20.1 Å². The maximum Gasteiger partial charge on any atom is 0.323 e. The van der Waals surface area contributed by atoms with Gasteiger partial charge in [0.05, 0.1) is 12.2 Å². The predicted octanol–water partition coefficient (Wildman–Crippen LogP) is 1.15. The van der Waals surface area contributed by atoms with Gasteiger partial charge in [-0.15, -0.1) is 0 Å². The van der Waals surface area contributed by atoms with Crippen LogP contribution in [0.5, 0.6) is 0 Å². The number of carbonyl (C=O) groups is 1. The molecule has 0 aliphatic carbocycles. The minimum Gasteiger partial charge on any atom is -0.480 e. The molecule has 4 N–H and O–H groups in total. The zero-order valence-corrected chi connectivity index (χ0v) is 12.3. The smallest absolute Gasteiger partial charge is 0.323 e. The number of rotatable bonds is 6. The Balaban J connectivity index is 2.85. The monoisotopic (exact) mass is 281 g/mol. The third kappa shape index (κ3) is 4.03. The zero-order chi connectivity index (χ0) is 15.4. The second kappa shape index (κ2) is 6.83. The molecule has 0 aliphatic heterocycles. The lowest BCUT2D eigenvalue weighted by molar-refractivity contribution is -0.142. The maximum absolute atomic E-state index is 11.0. The van der Waals surface area contributed by atoms with Crippen LogP contribution in [0.25, 0.3) is 0 Å². The zero-order valence-electron chi connectivity index (χ0n) is 12.3. The molecule has 0 bridgehead atoms. The molecule has 0 heterocycles. The van der Waals surface area contributed by atoms with Gasteiger partial charge in [0.2, 0.25) is 0 Å². The minimum atomic E-state index is -1.14. The van der Waals surface area contributed by atoms with E-state index in [9.17, 15) is 15.0 Å². The summed E-state index contributed by atoms with van der Waals surface area (Å²) in [5, 5.41) is 31.6. The first-order valence-electron chi connectivity index (χ1n) is 6.66. The van der Waals surface area contributed by atoms with E-state index in [1.165, 1.54) is 6.92 Å². The van der Waals surface area contributed by atoms with Crippen molar-refractivity contribution in [2.75, 3.05) is 0 Å². The molecule has 0 aromatic heterocycles. The van der Waals surface area contributed by atoms with E-state index in [4.69, 9.17) is 5.11 Å². The van der Waals surface area contributed by atoms with Crippen molar-refractivity contribution in [1.29, 1.82) is 0 Å². The molecule has 4 atom stereocenters. The molecule has 4 unspecified atom stereocenters. The fourth-order valence-corrected chi connectivity index (χ4v) is 2.22. The van der Waals surface area contributed by atoms with Crippen molar-refractivity contribution in [1.82, 2.24) is 5.32 Å². The number of aliphatic hydroxyl groups is 2. The Labute approximate surface area is 119 Å².